The molecular weight excluding hydrogens is 428 g/mol. The van der Waals surface area contributed by atoms with E-state index in [1.165, 1.54) is 11.3 Å². The number of aldehydes is 1. The summed E-state index contributed by atoms with van der Waals surface area (Å²) in [6.45, 7) is 13.2. The largest absolute Gasteiger partial charge is 0.490 e. The second-order valence-electron chi connectivity index (χ2n) is 8.26. The summed E-state index contributed by atoms with van der Waals surface area (Å²) in [5.74, 6) is 0.902. The molecular formula is C24H30N2O5S. The number of carbonyl (C=O) groups is 2. The predicted octanol–water partition coefficient (Wildman–Crippen LogP) is 5.08. The topological polar surface area (TPSA) is 79.1 Å². The summed E-state index contributed by atoms with van der Waals surface area (Å²) in [5, 5.41) is 0. The van der Waals surface area contributed by atoms with Crippen LogP contribution in [0.2, 0.25) is 0 Å². The normalized spacial score (nSPS) is 11.6. The minimum atomic E-state index is -0.303. The number of rotatable bonds is 9. The van der Waals surface area contributed by atoms with Gasteiger partial charge in [0.05, 0.1) is 26.2 Å². The summed E-state index contributed by atoms with van der Waals surface area (Å²) >= 11 is 1.36. The van der Waals surface area contributed by atoms with Crippen LogP contribution in [0, 0.1) is 0 Å². The average molecular weight is 459 g/mol. The van der Waals surface area contributed by atoms with Gasteiger partial charge in [0.2, 0.25) is 0 Å². The van der Waals surface area contributed by atoms with Crippen LogP contribution in [-0.4, -0.2) is 41.5 Å². The van der Waals surface area contributed by atoms with Gasteiger partial charge in [-0.05, 0) is 43.9 Å². The number of hydrogen-bond acceptors (Lipinski definition) is 7. The molecule has 0 saturated carbocycles. The highest BCUT2D eigenvalue weighted by molar-refractivity contribution is 7.17. The van der Waals surface area contributed by atoms with Gasteiger partial charge in [-0.1, -0.05) is 20.8 Å². The second kappa shape index (κ2) is 9.73. The lowest BCUT2D eigenvalue weighted by Crippen LogP contribution is -2.13. The molecule has 0 aliphatic heterocycles. The number of nitrogens with zero attached hydrogens (tertiary/aromatic N) is 2. The number of carbonyl (C=O) groups excluding carboxylic acids is 2. The van der Waals surface area contributed by atoms with Crippen molar-refractivity contribution in [3.8, 4) is 22.8 Å². The number of hydrogen-bond donors (Lipinski definition) is 0. The van der Waals surface area contributed by atoms with E-state index >= 15 is 0 Å². The van der Waals surface area contributed by atoms with Crippen molar-refractivity contribution in [1.82, 2.24) is 9.38 Å². The lowest BCUT2D eigenvalue weighted by molar-refractivity contribution is -0.142. The first-order valence-corrected chi connectivity index (χ1v) is 11.6. The summed E-state index contributed by atoms with van der Waals surface area (Å²) in [5.41, 5.74) is 2.56. The van der Waals surface area contributed by atoms with Gasteiger partial charge < -0.3 is 14.2 Å². The first kappa shape index (κ1) is 23.8. The molecule has 0 saturated heterocycles. The molecule has 0 unspecified atom stereocenters. The van der Waals surface area contributed by atoms with E-state index < -0.39 is 0 Å². The molecule has 0 fully saturated rings. The van der Waals surface area contributed by atoms with Gasteiger partial charge in [-0.2, -0.15) is 0 Å². The Labute approximate surface area is 192 Å². The Bertz CT molecular complexity index is 1120. The smallest absolute Gasteiger partial charge is 0.311 e. The monoisotopic (exact) mass is 458 g/mol. The zero-order valence-electron chi connectivity index (χ0n) is 19.5. The summed E-state index contributed by atoms with van der Waals surface area (Å²) in [7, 11) is 0. The van der Waals surface area contributed by atoms with Crippen LogP contribution < -0.4 is 9.47 Å². The molecule has 0 N–H and O–H groups in total. The second-order valence-corrected chi connectivity index (χ2v) is 9.36. The minimum absolute atomic E-state index is 0.142. The van der Waals surface area contributed by atoms with E-state index in [4.69, 9.17) is 19.2 Å². The number of thiazole rings is 1. The fourth-order valence-electron chi connectivity index (χ4n) is 3.42. The van der Waals surface area contributed by atoms with E-state index in [0.717, 1.165) is 16.7 Å². The molecule has 0 atom stereocenters. The van der Waals surface area contributed by atoms with E-state index in [9.17, 15) is 9.59 Å². The lowest BCUT2D eigenvalue weighted by atomic mass is 9.85. The van der Waals surface area contributed by atoms with Crippen molar-refractivity contribution >= 4 is 28.6 Å². The highest BCUT2D eigenvalue weighted by Crippen LogP contribution is 2.43. The van der Waals surface area contributed by atoms with Gasteiger partial charge in [0.25, 0.3) is 0 Å². The van der Waals surface area contributed by atoms with Crippen molar-refractivity contribution in [2.45, 2.75) is 53.4 Å². The van der Waals surface area contributed by atoms with Gasteiger partial charge in [0.1, 0.15) is 11.4 Å². The molecule has 0 aliphatic rings. The number of esters is 1. The Morgan fingerprint density at radius 3 is 2.44 bits per heavy atom. The highest BCUT2D eigenvalue weighted by Gasteiger charge is 2.26. The molecule has 2 heterocycles. The number of benzene rings is 1. The van der Waals surface area contributed by atoms with E-state index in [1.54, 1.807) is 17.5 Å². The molecule has 7 nitrogen and oxygen atoms in total. The molecule has 0 aliphatic carbocycles. The maximum atomic E-state index is 12.2. The van der Waals surface area contributed by atoms with Gasteiger partial charge in [-0.25, -0.2) is 4.98 Å². The fourth-order valence-corrected chi connectivity index (χ4v) is 4.39. The van der Waals surface area contributed by atoms with Crippen LogP contribution >= 0.6 is 11.3 Å². The summed E-state index contributed by atoms with van der Waals surface area (Å²) in [6, 6.07) is 4.01. The quantitative estimate of drug-likeness (QED) is 0.329. The number of ether oxygens (including phenoxy) is 3. The lowest BCUT2D eigenvalue weighted by Gasteiger charge is -2.23. The molecule has 3 aromatic rings. The van der Waals surface area contributed by atoms with Gasteiger partial charge in [0, 0.05) is 16.6 Å². The Kier molecular flexibility index (Phi) is 7.23. The van der Waals surface area contributed by atoms with Gasteiger partial charge in [-0.15, -0.1) is 11.3 Å². The van der Waals surface area contributed by atoms with Gasteiger partial charge in [0.15, 0.2) is 22.7 Å². The zero-order valence-corrected chi connectivity index (χ0v) is 20.3. The van der Waals surface area contributed by atoms with Crippen LogP contribution in [-0.2, 0) is 21.4 Å². The molecule has 0 spiro atoms. The average Bonchev–Trinajstić information content (AvgIpc) is 3.25. The van der Waals surface area contributed by atoms with Crippen LogP contribution in [0.1, 0.15) is 62.5 Å². The van der Waals surface area contributed by atoms with E-state index in [2.05, 4.69) is 20.8 Å². The third-order valence-electron chi connectivity index (χ3n) is 4.91. The number of aromatic nitrogens is 2. The molecule has 0 radical (unpaired) electrons. The molecule has 3 rings (SSSR count). The van der Waals surface area contributed by atoms with E-state index in [-0.39, 0.29) is 17.8 Å². The maximum absolute atomic E-state index is 12.2. The SMILES string of the molecule is CCOC(=O)Cc1cn2c(C=O)c(-c3cc(C(C)(C)C)cc(OCC)c3OCC)nc2s1. The third kappa shape index (κ3) is 4.80. The fraction of sp³-hybridized carbons (Fsp3) is 0.458. The van der Waals surface area contributed by atoms with Crippen molar-refractivity contribution in [2.24, 2.45) is 0 Å². The summed E-state index contributed by atoms with van der Waals surface area (Å²) < 4.78 is 18.6. The van der Waals surface area contributed by atoms with Crippen LogP contribution in [0.25, 0.3) is 16.2 Å². The highest BCUT2D eigenvalue weighted by atomic mass is 32.1. The Morgan fingerprint density at radius 1 is 1.12 bits per heavy atom. The minimum Gasteiger partial charge on any atom is -0.490 e. The van der Waals surface area contributed by atoms with Crippen molar-refractivity contribution in [3.63, 3.8) is 0 Å². The van der Waals surface area contributed by atoms with Gasteiger partial charge >= 0.3 is 5.97 Å². The standard InChI is InChI=1S/C24H30N2O5S/c1-7-29-19-11-15(24(4,5)6)10-17(22(19)31-9-3)21-18(14-27)26-13-16(32-23(26)25-21)12-20(28)30-8-2/h10-11,13-14H,7-9,12H2,1-6H3. The van der Waals surface area contributed by atoms with Crippen LogP contribution in [0.4, 0.5) is 0 Å². The third-order valence-corrected chi connectivity index (χ3v) is 5.89. The Hall–Kier alpha value is -2.87. The Balaban J connectivity index is 2.19. The predicted molar refractivity (Wildman–Crippen MR) is 125 cm³/mol. The molecule has 1 aromatic carbocycles. The molecule has 2 aromatic heterocycles. The Morgan fingerprint density at radius 2 is 1.84 bits per heavy atom. The number of imidazole rings is 1. The van der Waals surface area contributed by atoms with Crippen LogP contribution in [0.5, 0.6) is 11.5 Å². The maximum Gasteiger partial charge on any atom is 0.311 e. The van der Waals surface area contributed by atoms with Crippen molar-refractivity contribution in [1.29, 1.82) is 0 Å². The summed E-state index contributed by atoms with van der Waals surface area (Å²) in [4.78, 5) is 30.2. The number of fused-ring (bicyclic) bond motifs is 1. The first-order valence-electron chi connectivity index (χ1n) is 10.8. The van der Waals surface area contributed by atoms with Crippen molar-refractivity contribution < 1.29 is 23.8 Å². The van der Waals surface area contributed by atoms with Crippen LogP contribution in [0.3, 0.4) is 0 Å². The molecule has 32 heavy (non-hydrogen) atoms. The van der Waals surface area contributed by atoms with Crippen LogP contribution in [0.15, 0.2) is 18.3 Å². The molecule has 0 amide bonds. The van der Waals surface area contributed by atoms with E-state index in [0.29, 0.717) is 53.2 Å². The van der Waals surface area contributed by atoms with Gasteiger partial charge in [-0.3, -0.25) is 14.0 Å². The first-order chi connectivity index (χ1) is 15.2. The molecule has 8 heteroatoms. The zero-order chi connectivity index (χ0) is 23.5. The molecule has 172 valence electrons. The molecule has 0 bridgehead atoms. The summed E-state index contributed by atoms with van der Waals surface area (Å²) in [6.07, 6.45) is 2.71. The van der Waals surface area contributed by atoms with Crippen molar-refractivity contribution in [2.75, 3.05) is 19.8 Å². The van der Waals surface area contributed by atoms with E-state index in [1.807, 2.05) is 26.0 Å². The van der Waals surface area contributed by atoms with Crippen molar-refractivity contribution in [3.05, 3.63) is 34.5 Å².